The molecule has 7 nitrogen and oxygen atoms in total. The first-order valence-electron chi connectivity index (χ1n) is 6.42. The molecular weight excluding hydrogens is 258 g/mol. The van der Waals surface area contributed by atoms with Crippen LogP contribution in [0.15, 0.2) is 30.9 Å². The number of hydrogen-bond donors (Lipinski definition) is 1. The lowest BCUT2D eigenvalue weighted by Gasteiger charge is -2.32. The number of hydrogen-bond acceptors (Lipinski definition) is 5. The van der Waals surface area contributed by atoms with E-state index in [-0.39, 0.29) is 17.9 Å². The molecular formula is C13H15N5O2. The van der Waals surface area contributed by atoms with E-state index in [1.807, 2.05) is 0 Å². The minimum Gasteiger partial charge on any atom is -0.381 e. The van der Waals surface area contributed by atoms with Crippen molar-refractivity contribution in [1.82, 2.24) is 19.7 Å². The number of carbonyl (C=O) groups excluding carboxylic acids is 1. The predicted octanol–water partition coefficient (Wildman–Crippen LogP) is 1.03. The van der Waals surface area contributed by atoms with E-state index in [9.17, 15) is 4.79 Å². The first kappa shape index (κ1) is 12.7. The number of aromatic nitrogens is 4. The zero-order chi connectivity index (χ0) is 13.9. The van der Waals surface area contributed by atoms with Gasteiger partial charge in [-0.2, -0.15) is 14.8 Å². The van der Waals surface area contributed by atoms with Crippen LogP contribution in [0.3, 0.4) is 0 Å². The third-order valence-electron chi connectivity index (χ3n) is 3.49. The summed E-state index contributed by atoms with van der Waals surface area (Å²) < 4.78 is 6.75. The van der Waals surface area contributed by atoms with E-state index in [1.165, 1.54) is 6.33 Å². The fourth-order valence-corrected chi connectivity index (χ4v) is 2.19. The van der Waals surface area contributed by atoms with E-state index >= 15 is 0 Å². The maximum absolute atomic E-state index is 12.1. The highest BCUT2D eigenvalue weighted by molar-refractivity contribution is 5.91. The predicted molar refractivity (Wildman–Crippen MR) is 71.3 cm³/mol. The van der Waals surface area contributed by atoms with Gasteiger partial charge < -0.3 is 4.74 Å². The number of ether oxygens (including phenoxy) is 1. The summed E-state index contributed by atoms with van der Waals surface area (Å²) >= 11 is 0. The smallest absolute Gasteiger partial charge is 0.232 e. The van der Waals surface area contributed by atoms with Gasteiger partial charge in [0.05, 0.1) is 11.8 Å². The highest BCUT2D eigenvalue weighted by Crippen LogP contribution is 2.30. The standard InChI is InChI=1S/C13H15N5O2/c1-20-11-6-9(7-11)12(19)17-13-15-8-16-18(13)10-2-4-14-5-3-10/h2-5,8-9,11H,6-7H2,1H3,(H,15,16,17,19). The summed E-state index contributed by atoms with van der Waals surface area (Å²) in [5.74, 6) is 0.367. The molecule has 3 rings (SSSR count). The van der Waals surface area contributed by atoms with Crippen molar-refractivity contribution in [3.05, 3.63) is 30.9 Å². The van der Waals surface area contributed by atoms with Gasteiger partial charge in [-0.15, -0.1) is 0 Å². The lowest BCUT2D eigenvalue weighted by atomic mass is 9.81. The number of anilines is 1. The molecule has 2 aromatic rings. The van der Waals surface area contributed by atoms with Gasteiger partial charge in [-0.1, -0.05) is 0 Å². The summed E-state index contributed by atoms with van der Waals surface area (Å²) in [7, 11) is 1.67. The van der Waals surface area contributed by atoms with Crippen LogP contribution in [0.5, 0.6) is 0 Å². The molecule has 2 aromatic heterocycles. The van der Waals surface area contributed by atoms with Gasteiger partial charge in [-0.3, -0.25) is 15.1 Å². The molecule has 1 aliphatic rings. The first-order valence-corrected chi connectivity index (χ1v) is 6.42. The topological polar surface area (TPSA) is 81.9 Å². The SMILES string of the molecule is COC1CC(C(=O)Nc2ncnn2-c2ccncc2)C1. The first-order chi connectivity index (χ1) is 9.78. The van der Waals surface area contributed by atoms with E-state index in [1.54, 1.807) is 36.3 Å². The van der Waals surface area contributed by atoms with Crippen LogP contribution in [0.1, 0.15) is 12.8 Å². The summed E-state index contributed by atoms with van der Waals surface area (Å²) in [4.78, 5) is 20.1. The van der Waals surface area contributed by atoms with Crippen LogP contribution in [0.2, 0.25) is 0 Å². The fraction of sp³-hybridized carbons (Fsp3) is 0.385. The summed E-state index contributed by atoms with van der Waals surface area (Å²) in [6, 6.07) is 3.60. The molecule has 1 saturated carbocycles. The Morgan fingerprint density at radius 3 is 2.85 bits per heavy atom. The number of amides is 1. The van der Waals surface area contributed by atoms with Crippen molar-refractivity contribution in [1.29, 1.82) is 0 Å². The lowest BCUT2D eigenvalue weighted by Crippen LogP contribution is -2.39. The van der Waals surface area contributed by atoms with Gasteiger partial charge in [0, 0.05) is 25.4 Å². The second-order valence-electron chi connectivity index (χ2n) is 4.72. The average molecular weight is 273 g/mol. The number of nitrogens with one attached hydrogen (secondary N) is 1. The Kier molecular flexibility index (Phi) is 3.42. The molecule has 0 aliphatic heterocycles. The third-order valence-corrected chi connectivity index (χ3v) is 3.49. The van der Waals surface area contributed by atoms with E-state index in [4.69, 9.17) is 4.74 Å². The quantitative estimate of drug-likeness (QED) is 0.899. The summed E-state index contributed by atoms with van der Waals surface area (Å²) in [5.41, 5.74) is 0.802. The Hall–Kier alpha value is -2.28. The summed E-state index contributed by atoms with van der Waals surface area (Å²) in [6.45, 7) is 0. The Morgan fingerprint density at radius 2 is 2.15 bits per heavy atom. The maximum atomic E-state index is 12.1. The number of carbonyl (C=O) groups is 1. The number of pyridine rings is 1. The van der Waals surface area contributed by atoms with E-state index < -0.39 is 0 Å². The van der Waals surface area contributed by atoms with E-state index in [0.29, 0.717) is 5.95 Å². The van der Waals surface area contributed by atoms with Crippen molar-refractivity contribution < 1.29 is 9.53 Å². The zero-order valence-electron chi connectivity index (χ0n) is 11.1. The minimum atomic E-state index is -0.0402. The van der Waals surface area contributed by atoms with Gasteiger partial charge in [-0.05, 0) is 25.0 Å². The molecule has 2 heterocycles. The van der Waals surface area contributed by atoms with Crippen LogP contribution < -0.4 is 5.32 Å². The largest absolute Gasteiger partial charge is 0.381 e. The van der Waals surface area contributed by atoms with Crippen molar-refractivity contribution in [3.8, 4) is 5.69 Å². The van der Waals surface area contributed by atoms with Crippen LogP contribution in [0.25, 0.3) is 5.69 Å². The van der Waals surface area contributed by atoms with Crippen LogP contribution in [0.4, 0.5) is 5.95 Å². The average Bonchev–Trinajstić information content (AvgIpc) is 2.86. The highest BCUT2D eigenvalue weighted by atomic mass is 16.5. The van der Waals surface area contributed by atoms with Crippen LogP contribution in [-0.4, -0.2) is 38.9 Å². The van der Waals surface area contributed by atoms with Crippen molar-refractivity contribution in [2.24, 2.45) is 5.92 Å². The fourth-order valence-electron chi connectivity index (χ4n) is 2.19. The van der Waals surface area contributed by atoms with Crippen LogP contribution in [-0.2, 0) is 9.53 Å². The Balaban J connectivity index is 1.70. The molecule has 0 unspecified atom stereocenters. The molecule has 7 heteroatoms. The van der Waals surface area contributed by atoms with Crippen LogP contribution >= 0.6 is 0 Å². The van der Waals surface area contributed by atoms with Crippen molar-refractivity contribution in [2.75, 3.05) is 12.4 Å². The molecule has 20 heavy (non-hydrogen) atoms. The molecule has 0 saturated heterocycles. The molecule has 0 atom stereocenters. The normalized spacial score (nSPS) is 21.2. The van der Waals surface area contributed by atoms with E-state index in [2.05, 4.69) is 20.4 Å². The third kappa shape index (κ3) is 2.39. The Bertz CT molecular complexity index is 592. The molecule has 1 fully saturated rings. The minimum absolute atomic E-state index is 0.0115. The summed E-state index contributed by atoms with van der Waals surface area (Å²) in [5, 5.41) is 6.92. The van der Waals surface area contributed by atoms with Gasteiger partial charge in [0.1, 0.15) is 6.33 Å². The van der Waals surface area contributed by atoms with Gasteiger partial charge >= 0.3 is 0 Å². The molecule has 0 radical (unpaired) electrons. The lowest BCUT2D eigenvalue weighted by molar-refractivity contribution is -0.127. The summed E-state index contributed by atoms with van der Waals surface area (Å²) in [6.07, 6.45) is 6.45. The Labute approximate surface area is 116 Å². The number of rotatable bonds is 4. The molecule has 1 N–H and O–H groups in total. The second-order valence-corrected chi connectivity index (χ2v) is 4.72. The Morgan fingerprint density at radius 1 is 1.40 bits per heavy atom. The second kappa shape index (κ2) is 5.38. The van der Waals surface area contributed by atoms with Gasteiger partial charge in [0.2, 0.25) is 11.9 Å². The van der Waals surface area contributed by atoms with Gasteiger partial charge in [0.15, 0.2) is 0 Å². The zero-order valence-corrected chi connectivity index (χ0v) is 11.1. The highest BCUT2D eigenvalue weighted by Gasteiger charge is 2.35. The van der Waals surface area contributed by atoms with Crippen LogP contribution in [0, 0.1) is 5.92 Å². The van der Waals surface area contributed by atoms with Crippen molar-refractivity contribution in [3.63, 3.8) is 0 Å². The maximum Gasteiger partial charge on any atom is 0.232 e. The van der Waals surface area contributed by atoms with Gasteiger partial charge in [-0.25, -0.2) is 0 Å². The molecule has 0 bridgehead atoms. The van der Waals surface area contributed by atoms with Crippen molar-refractivity contribution >= 4 is 11.9 Å². The monoisotopic (exact) mass is 273 g/mol. The van der Waals surface area contributed by atoms with Crippen molar-refractivity contribution in [2.45, 2.75) is 18.9 Å². The van der Waals surface area contributed by atoms with Gasteiger partial charge in [0.25, 0.3) is 0 Å². The molecule has 0 spiro atoms. The van der Waals surface area contributed by atoms with E-state index in [0.717, 1.165) is 18.5 Å². The number of methoxy groups -OCH3 is 1. The molecule has 0 aromatic carbocycles. The molecule has 104 valence electrons. The molecule has 1 aliphatic carbocycles. The number of nitrogens with zero attached hydrogens (tertiary/aromatic N) is 4. The molecule has 1 amide bonds.